The van der Waals surface area contributed by atoms with Crippen LogP contribution in [0.15, 0.2) is 6.07 Å². The smallest absolute Gasteiger partial charge is 0.264 e. The van der Waals surface area contributed by atoms with E-state index >= 15 is 0 Å². The van der Waals surface area contributed by atoms with Gasteiger partial charge in [-0.05, 0) is 25.8 Å². The van der Waals surface area contributed by atoms with Crippen LogP contribution < -0.4 is 5.73 Å². The maximum atomic E-state index is 12.6. The van der Waals surface area contributed by atoms with Crippen molar-refractivity contribution in [1.82, 2.24) is 4.90 Å². The number of nitrogen functional groups attached to an aromatic ring is 1. The van der Waals surface area contributed by atoms with E-state index in [1.54, 1.807) is 0 Å². The summed E-state index contributed by atoms with van der Waals surface area (Å²) in [5, 5.41) is 0. The van der Waals surface area contributed by atoms with Crippen LogP contribution in [0.5, 0.6) is 0 Å². The van der Waals surface area contributed by atoms with E-state index < -0.39 is 0 Å². The molecule has 2 atom stereocenters. The summed E-state index contributed by atoms with van der Waals surface area (Å²) in [7, 11) is 0. The molecule has 5 heteroatoms. The number of amides is 1. The normalized spacial score (nSPS) is 27.1. The summed E-state index contributed by atoms with van der Waals surface area (Å²) < 4.78 is 5.81. The molecule has 1 saturated heterocycles. The van der Waals surface area contributed by atoms with Gasteiger partial charge in [-0.15, -0.1) is 11.3 Å². The quantitative estimate of drug-likeness (QED) is 0.859. The molecule has 0 spiro atoms. The standard InChI is InChI=1S/C14H20N2O2S/c1-9-10(15)8-13(19-9)14(17)16-6-7-18-12-5-3-2-4-11(12)16/h8,11-12H,2-7,15H2,1H3. The first-order chi connectivity index (χ1) is 9.16. The van der Waals surface area contributed by atoms with Crippen molar-refractivity contribution >= 4 is 22.9 Å². The minimum Gasteiger partial charge on any atom is -0.398 e. The second kappa shape index (κ2) is 5.13. The van der Waals surface area contributed by atoms with Crippen LogP contribution in [0.2, 0.25) is 0 Å². The molecule has 1 aliphatic heterocycles. The van der Waals surface area contributed by atoms with Crippen LogP contribution in [0.1, 0.15) is 40.2 Å². The number of thiophene rings is 1. The van der Waals surface area contributed by atoms with E-state index in [-0.39, 0.29) is 18.1 Å². The third-order valence-electron chi connectivity index (χ3n) is 4.16. The fourth-order valence-corrected chi connectivity index (χ4v) is 3.99. The highest BCUT2D eigenvalue weighted by molar-refractivity contribution is 7.14. The van der Waals surface area contributed by atoms with Gasteiger partial charge in [-0.25, -0.2) is 0 Å². The fourth-order valence-electron chi connectivity index (χ4n) is 3.09. The lowest BCUT2D eigenvalue weighted by atomic mass is 9.90. The first kappa shape index (κ1) is 12.9. The van der Waals surface area contributed by atoms with Crippen molar-refractivity contribution in [3.05, 3.63) is 15.8 Å². The molecule has 3 rings (SSSR count). The SMILES string of the molecule is Cc1sc(C(=O)N2CCOC3CCCCC32)cc1N. The van der Waals surface area contributed by atoms with E-state index in [9.17, 15) is 4.79 Å². The Hall–Kier alpha value is -1.07. The minimum atomic E-state index is 0.130. The van der Waals surface area contributed by atoms with E-state index in [1.807, 2.05) is 17.9 Å². The largest absolute Gasteiger partial charge is 0.398 e. The number of fused-ring (bicyclic) bond motifs is 1. The lowest BCUT2D eigenvalue weighted by Gasteiger charge is -2.43. The molecule has 0 radical (unpaired) electrons. The van der Waals surface area contributed by atoms with Gasteiger partial charge < -0.3 is 15.4 Å². The Morgan fingerprint density at radius 2 is 2.26 bits per heavy atom. The Morgan fingerprint density at radius 3 is 3.00 bits per heavy atom. The van der Waals surface area contributed by atoms with Gasteiger partial charge >= 0.3 is 0 Å². The van der Waals surface area contributed by atoms with Gasteiger partial charge in [0.2, 0.25) is 0 Å². The number of hydrogen-bond donors (Lipinski definition) is 1. The first-order valence-electron chi connectivity index (χ1n) is 6.95. The lowest BCUT2D eigenvalue weighted by molar-refractivity contribution is -0.0751. The van der Waals surface area contributed by atoms with E-state index in [0.717, 1.165) is 28.3 Å². The minimum absolute atomic E-state index is 0.130. The van der Waals surface area contributed by atoms with Gasteiger partial charge in [0, 0.05) is 17.1 Å². The van der Waals surface area contributed by atoms with Crippen molar-refractivity contribution in [2.24, 2.45) is 0 Å². The second-order valence-electron chi connectivity index (χ2n) is 5.38. The highest BCUT2D eigenvalue weighted by atomic mass is 32.1. The Balaban J connectivity index is 1.81. The average Bonchev–Trinajstić information content (AvgIpc) is 2.77. The molecule has 0 aromatic carbocycles. The first-order valence-corrected chi connectivity index (χ1v) is 7.77. The number of rotatable bonds is 1. The zero-order valence-corrected chi connectivity index (χ0v) is 12.0. The number of nitrogens with two attached hydrogens (primary N) is 1. The molecular formula is C14H20N2O2S. The third kappa shape index (κ3) is 2.37. The monoisotopic (exact) mass is 280 g/mol. The zero-order chi connectivity index (χ0) is 13.4. The Morgan fingerprint density at radius 1 is 1.47 bits per heavy atom. The van der Waals surface area contributed by atoms with Crippen LogP contribution in [0.4, 0.5) is 5.69 Å². The van der Waals surface area contributed by atoms with Crippen molar-refractivity contribution in [2.45, 2.75) is 44.8 Å². The summed E-state index contributed by atoms with van der Waals surface area (Å²) >= 11 is 1.50. The van der Waals surface area contributed by atoms with Crippen molar-refractivity contribution in [3.8, 4) is 0 Å². The summed E-state index contributed by atoms with van der Waals surface area (Å²) in [4.78, 5) is 16.4. The van der Waals surface area contributed by atoms with E-state index in [2.05, 4.69) is 0 Å². The predicted molar refractivity (Wildman–Crippen MR) is 76.5 cm³/mol. The predicted octanol–water partition coefficient (Wildman–Crippen LogP) is 2.42. The zero-order valence-electron chi connectivity index (χ0n) is 11.2. The summed E-state index contributed by atoms with van der Waals surface area (Å²) in [6.07, 6.45) is 4.80. The van der Waals surface area contributed by atoms with Gasteiger partial charge in [-0.2, -0.15) is 0 Å². The Labute approximate surface area is 117 Å². The molecule has 2 heterocycles. The van der Waals surface area contributed by atoms with Crippen LogP contribution in [-0.2, 0) is 4.74 Å². The molecule has 1 aliphatic carbocycles. The highest BCUT2D eigenvalue weighted by Gasteiger charge is 2.37. The second-order valence-corrected chi connectivity index (χ2v) is 6.64. The van der Waals surface area contributed by atoms with Gasteiger partial charge in [-0.1, -0.05) is 12.8 Å². The van der Waals surface area contributed by atoms with Crippen LogP contribution >= 0.6 is 11.3 Å². The Bertz CT molecular complexity index is 464. The van der Waals surface area contributed by atoms with E-state index in [4.69, 9.17) is 10.5 Å². The van der Waals surface area contributed by atoms with Crippen molar-refractivity contribution < 1.29 is 9.53 Å². The molecule has 1 amide bonds. The van der Waals surface area contributed by atoms with Crippen molar-refractivity contribution in [1.29, 1.82) is 0 Å². The number of hydrogen-bond acceptors (Lipinski definition) is 4. The van der Waals surface area contributed by atoms with Crippen LogP contribution in [0.3, 0.4) is 0 Å². The van der Waals surface area contributed by atoms with Crippen LogP contribution in [0, 0.1) is 6.92 Å². The third-order valence-corrected chi connectivity index (χ3v) is 5.21. The van der Waals surface area contributed by atoms with Crippen LogP contribution in [0.25, 0.3) is 0 Å². The summed E-state index contributed by atoms with van der Waals surface area (Å²) in [5.74, 6) is 0.130. The highest BCUT2D eigenvalue weighted by Crippen LogP contribution is 2.31. The number of carbonyl (C=O) groups is 1. The summed E-state index contributed by atoms with van der Waals surface area (Å²) in [6, 6.07) is 2.08. The maximum absolute atomic E-state index is 12.6. The number of aryl methyl sites for hydroxylation is 1. The number of carbonyl (C=O) groups excluding carboxylic acids is 1. The number of nitrogens with zero attached hydrogens (tertiary/aromatic N) is 1. The van der Waals surface area contributed by atoms with Gasteiger partial charge in [0.1, 0.15) is 0 Å². The molecule has 2 unspecified atom stereocenters. The molecule has 2 N–H and O–H groups in total. The average molecular weight is 280 g/mol. The topological polar surface area (TPSA) is 55.6 Å². The molecule has 19 heavy (non-hydrogen) atoms. The van der Waals surface area contributed by atoms with Crippen LogP contribution in [-0.4, -0.2) is 36.1 Å². The molecule has 1 saturated carbocycles. The molecule has 1 aromatic rings. The maximum Gasteiger partial charge on any atom is 0.264 e. The van der Waals surface area contributed by atoms with Gasteiger partial charge in [-0.3, -0.25) is 4.79 Å². The van der Waals surface area contributed by atoms with Gasteiger partial charge in [0.25, 0.3) is 5.91 Å². The lowest BCUT2D eigenvalue weighted by Crippen LogP contribution is -2.54. The van der Waals surface area contributed by atoms with E-state index in [1.165, 1.54) is 24.2 Å². The molecule has 0 bridgehead atoms. The molecule has 2 aliphatic rings. The molecule has 2 fully saturated rings. The molecule has 4 nitrogen and oxygen atoms in total. The fraction of sp³-hybridized carbons (Fsp3) is 0.643. The Kier molecular flexibility index (Phi) is 3.50. The summed E-state index contributed by atoms with van der Waals surface area (Å²) in [5.41, 5.74) is 6.58. The number of ether oxygens (including phenoxy) is 1. The number of anilines is 1. The summed E-state index contributed by atoms with van der Waals surface area (Å²) in [6.45, 7) is 3.32. The van der Waals surface area contributed by atoms with Crippen molar-refractivity contribution in [2.75, 3.05) is 18.9 Å². The molecular weight excluding hydrogens is 260 g/mol. The number of morpholine rings is 1. The van der Waals surface area contributed by atoms with Gasteiger partial charge in [0.15, 0.2) is 0 Å². The molecule has 104 valence electrons. The van der Waals surface area contributed by atoms with E-state index in [0.29, 0.717) is 13.2 Å². The molecule has 1 aromatic heterocycles. The van der Waals surface area contributed by atoms with Crippen molar-refractivity contribution in [3.63, 3.8) is 0 Å². The van der Waals surface area contributed by atoms with Gasteiger partial charge in [0.05, 0.1) is 23.6 Å².